The highest BCUT2D eigenvalue weighted by atomic mass is 35.5. The minimum Gasteiger partial charge on any atom is -0.496 e. The number of benzene rings is 1. The number of rotatable bonds is 2. The van der Waals surface area contributed by atoms with Gasteiger partial charge in [-0.2, -0.15) is 0 Å². The molecule has 0 aliphatic rings. The topological polar surface area (TPSA) is 35.2 Å². The van der Waals surface area contributed by atoms with Gasteiger partial charge in [-0.3, -0.25) is 0 Å². The lowest BCUT2D eigenvalue weighted by Gasteiger charge is -2.10. The van der Waals surface area contributed by atoms with E-state index in [0.29, 0.717) is 16.5 Å². The highest BCUT2D eigenvalue weighted by molar-refractivity contribution is 6.33. The fraction of sp³-hybridized carbons (Fsp3) is 0.200. The molecule has 0 amide bonds. The Hall–Kier alpha value is -1.15. The summed E-state index contributed by atoms with van der Waals surface area (Å²) in [6, 6.07) is 3.46. The van der Waals surface area contributed by atoms with Gasteiger partial charge >= 0.3 is 0 Å². The molecule has 0 spiro atoms. The lowest BCUT2D eigenvalue weighted by Crippen LogP contribution is -1.93. The SMILES string of the molecule is C=C(C)c1cc(Cl)c(N)cc1OC. The van der Waals surface area contributed by atoms with E-state index in [1.54, 1.807) is 19.2 Å². The smallest absolute Gasteiger partial charge is 0.128 e. The van der Waals surface area contributed by atoms with Crippen LogP contribution in [0, 0.1) is 0 Å². The molecule has 0 aromatic heterocycles. The minimum atomic E-state index is 0.517. The van der Waals surface area contributed by atoms with Gasteiger partial charge < -0.3 is 10.5 Å². The van der Waals surface area contributed by atoms with E-state index in [1.807, 2.05) is 6.92 Å². The fourth-order valence-corrected chi connectivity index (χ4v) is 1.24. The average Bonchev–Trinajstić information content (AvgIpc) is 2.08. The van der Waals surface area contributed by atoms with Gasteiger partial charge in [0.15, 0.2) is 0 Å². The first-order valence-corrected chi connectivity index (χ1v) is 4.23. The molecule has 3 heteroatoms. The Labute approximate surface area is 83.0 Å². The van der Waals surface area contributed by atoms with Crippen LogP contribution in [-0.2, 0) is 0 Å². The van der Waals surface area contributed by atoms with Gasteiger partial charge in [0.1, 0.15) is 5.75 Å². The van der Waals surface area contributed by atoms with Crippen molar-refractivity contribution in [1.29, 1.82) is 0 Å². The van der Waals surface area contributed by atoms with Gasteiger partial charge in [0.05, 0.1) is 17.8 Å². The third-order valence-electron chi connectivity index (χ3n) is 1.78. The third kappa shape index (κ3) is 1.95. The number of hydrogen-bond acceptors (Lipinski definition) is 2. The van der Waals surface area contributed by atoms with Crippen LogP contribution in [0.4, 0.5) is 5.69 Å². The number of halogens is 1. The molecule has 1 aromatic rings. The molecular weight excluding hydrogens is 186 g/mol. The van der Waals surface area contributed by atoms with E-state index in [1.165, 1.54) is 0 Å². The first-order valence-electron chi connectivity index (χ1n) is 3.85. The molecule has 0 atom stereocenters. The van der Waals surface area contributed by atoms with Gasteiger partial charge in [-0.1, -0.05) is 18.2 Å². The molecule has 2 nitrogen and oxygen atoms in total. The molecule has 0 unspecified atom stereocenters. The van der Waals surface area contributed by atoms with Crippen molar-refractivity contribution in [1.82, 2.24) is 0 Å². The van der Waals surface area contributed by atoms with Gasteiger partial charge in [0, 0.05) is 11.6 Å². The second-order valence-electron chi connectivity index (χ2n) is 2.85. The zero-order chi connectivity index (χ0) is 10.0. The number of methoxy groups -OCH3 is 1. The van der Waals surface area contributed by atoms with E-state index >= 15 is 0 Å². The molecule has 0 saturated heterocycles. The number of anilines is 1. The number of ether oxygens (including phenoxy) is 1. The molecule has 70 valence electrons. The van der Waals surface area contributed by atoms with Crippen molar-refractivity contribution < 1.29 is 4.74 Å². The monoisotopic (exact) mass is 197 g/mol. The van der Waals surface area contributed by atoms with Crippen LogP contribution < -0.4 is 10.5 Å². The maximum atomic E-state index is 5.87. The summed E-state index contributed by atoms with van der Waals surface area (Å²) in [5.74, 6) is 0.703. The highest BCUT2D eigenvalue weighted by Gasteiger charge is 2.07. The molecule has 1 aromatic carbocycles. The largest absolute Gasteiger partial charge is 0.496 e. The van der Waals surface area contributed by atoms with Gasteiger partial charge in [-0.05, 0) is 18.6 Å². The Balaban J connectivity index is 3.33. The minimum absolute atomic E-state index is 0.517. The van der Waals surface area contributed by atoms with E-state index in [-0.39, 0.29) is 0 Å². The number of nitrogens with two attached hydrogens (primary N) is 1. The average molecular weight is 198 g/mol. The predicted molar refractivity (Wildman–Crippen MR) is 57.1 cm³/mol. The molecule has 0 aliphatic carbocycles. The Bertz CT molecular complexity index is 347. The Kier molecular flexibility index (Phi) is 2.83. The molecule has 0 aliphatic heterocycles. The number of hydrogen-bond donors (Lipinski definition) is 1. The molecule has 0 fully saturated rings. The molecular formula is C10H12ClNO. The zero-order valence-corrected chi connectivity index (χ0v) is 8.48. The van der Waals surface area contributed by atoms with E-state index in [4.69, 9.17) is 22.1 Å². The Morgan fingerprint density at radius 2 is 2.15 bits per heavy atom. The molecule has 0 heterocycles. The summed E-state index contributed by atoms with van der Waals surface area (Å²) in [6.07, 6.45) is 0. The molecule has 0 radical (unpaired) electrons. The molecule has 1 rings (SSSR count). The second-order valence-corrected chi connectivity index (χ2v) is 3.26. The van der Waals surface area contributed by atoms with Crippen molar-refractivity contribution in [2.24, 2.45) is 0 Å². The van der Waals surface area contributed by atoms with Crippen LogP contribution in [0.3, 0.4) is 0 Å². The van der Waals surface area contributed by atoms with Crippen molar-refractivity contribution in [3.8, 4) is 5.75 Å². The van der Waals surface area contributed by atoms with Crippen molar-refractivity contribution in [3.05, 3.63) is 29.3 Å². The first kappa shape index (κ1) is 9.93. The van der Waals surface area contributed by atoms with E-state index in [0.717, 1.165) is 11.1 Å². The summed E-state index contributed by atoms with van der Waals surface area (Å²) in [6.45, 7) is 5.72. The van der Waals surface area contributed by atoms with Crippen molar-refractivity contribution >= 4 is 22.9 Å². The van der Waals surface area contributed by atoms with Crippen molar-refractivity contribution in [3.63, 3.8) is 0 Å². The van der Waals surface area contributed by atoms with Crippen LogP contribution in [0.25, 0.3) is 5.57 Å². The molecule has 2 N–H and O–H groups in total. The van der Waals surface area contributed by atoms with Gasteiger partial charge in [-0.25, -0.2) is 0 Å². The number of allylic oxidation sites excluding steroid dienone is 1. The summed E-state index contributed by atoms with van der Waals surface area (Å²) in [5, 5.41) is 0.527. The maximum Gasteiger partial charge on any atom is 0.128 e. The van der Waals surface area contributed by atoms with Crippen molar-refractivity contribution in [2.75, 3.05) is 12.8 Å². The predicted octanol–water partition coefficient (Wildman–Crippen LogP) is 2.96. The van der Waals surface area contributed by atoms with Crippen LogP contribution in [-0.4, -0.2) is 7.11 Å². The fourth-order valence-electron chi connectivity index (χ4n) is 1.07. The number of nitrogen functional groups attached to an aromatic ring is 1. The Morgan fingerprint density at radius 3 is 2.62 bits per heavy atom. The lowest BCUT2D eigenvalue weighted by atomic mass is 10.1. The molecule has 0 bridgehead atoms. The van der Waals surface area contributed by atoms with Gasteiger partial charge in [-0.15, -0.1) is 0 Å². The summed E-state index contributed by atoms with van der Waals surface area (Å²) in [5.41, 5.74) is 7.93. The maximum absolute atomic E-state index is 5.87. The normalized spacial score (nSPS) is 9.77. The van der Waals surface area contributed by atoms with Crippen LogP contribution in [0.15, 0.2) is 18.7 Å². The summed E-state index contributed by atoms with van der Waals surface area (Å²) in [7, 11) is 1.59. The molecule has 0 saturated carbocycles. The van der Waals surface area contributed by atoms with E-state index in [2.05, 4.69) is 6.58 Å². The Morgan fingerprint density at radius 1 is 1.54 bits per heavy atom. The quantitative estimate of drug-likeness (QED) is 0.740. The first-order chi connectivity index (χ1) is 6.06. The van der Waals surface area contributed by atoms with Gasteiger partial charge in [0.2, 0.25) is 0 Å². The van der Waals surface area contributed by atoms with Crippen LogP contribution in [0.2, 0.25) is 5.02 Å². The zero-order valence-electron chi connectivity index (χ0n) is 7.73. The van der Waals surface area contributed by atoms with Crippen molar-refractivity contribution in [2.45, 2.75) is 6.92 Å². The van der Waals surface area contributed by atoms with E-state index < -0.39 is 0 Å². The van der Waals surface area contributed by atoms with Gasteiger partial charge in [0.25, 0.3) is 0 Å². The van der Waals surface area contributed by atoms with Crippen LogP contribution in [0.5, 0.6) is 5.75 Å². The highest BCUT2D eigenvalue weighted by Crippen LogP contribution is 2.32. The molecule has 13 heavy (non-hydrogen) atoms. The standard InChI is InChI=1S/C10H12ClNO/c1-6(2)7-4-8(11)9(12)5-10(7)13-3/h4-5H,1,12H2,2-3H3. The second kappa shape index (κ2) is 3.71. The third-order valence-corrected chi connectivity index (χ3v) is 2.11. The van der Waals surface area contributed by atoms with Crippen LogP contribution in [0.1, 0.15) is 12.5 Å². The summed E-state index contributed by atoms with van der Waals surface area (Å²) < 4.78 is 5.14. The summed E-state index contributed by atoms with van der Waals surface area (Å²) >= 11 is 5.87. The lowest BCUT2D eigenvalue weighted by molar-refractivity contribution is 0.414. The summed E-state index contributed by atoms with van der Waals surface area (Å²) in [4.78, 5) is 0. The van der Waals surface area contributed by atoms with E-state index in [9.17, 15) is 0 Å². The van der Waals surface area contributed by atoms with Crippen LogP contribution >= 0.6 is 11.6 Å².